The molecule has 0 saturated carbocycles. The molecule has 1 atom stereocenters. The number of rotatable bonds is 5. The summed E-state index contributed by atoms with van der Waals surface area (Å²) in [6.45, 7) is 2.48. The van der Waals surface area contributed by atoms with Crippen LogP contribution in [-0.4, -0.2) is 48.3 Å². The molecule has 6 nitrogen and oxygen atoms in total. The van der Waals surface area contributed by atoms with E-state index < -0.39 is 5.91 Å². The van der Waals surface area contributed by atoms with Gasteiger partial charge in [-0.25, -0.2) is 4.39 Å². The van der Waals surface area contributed by atoms with E-state index >= 15 is 0 Å². The van der Waals surface area contributed by atoms with Crippen LogP contribution in [-0.2, 0) is 11.3 Å². The Morgan fingerprint density at radius 2 is 2.19 bits per heavy atom. The minimum Gasteiger partial charge on any atom is -0.507 e. The van der Waals surface area contributed by atoms with Crippen LogP contribution in [0, 0.1) is 5.82 Å². The summed E-state index contributed by atoms with van der Waals surface area (Å²) in [5, 5.41) is 12.8. The van der Waals surface area contributed by atoms with Gasteiger partial charge in [0.1, 0.15) is 11.6 Å². The van der Waals surface area contributed by atoms with Crippen molar-refractivity contribution in [2.24, 2.45) is 0 Å². The van der Waals surface area contributed by atoms with Crippen molar-refractivity contribution >= 4 is 23.2 Å². The molecule has 0 bridgehead atoms. The molecular weight excluding hydrogens is 373 g/mol. The van der Waals surface area contributed by atoms with E-state index in [2.05, 4.69) is 10.2 Å². The molecular formula is C19H21ClFN3O3. The number of aromatic hydroxyl groups is 1. The molecule has 4 N–H and O–H groups in total. The molecule has 27 heavy (non-hydrogen) atoms. The van der Waals surface area contributed by atoms with Crippen LogP contribution in [0.4, 0.5) is 10.1 Å². The number of nitrogens with one attached hydrogen (secondary N) is 1. The third kappa shape index (κ3) is 4.88. The number of nitrogens with two attached hydrogens (primary N) is 1. The Morgan fingerprint density at radius 3 is 2.96 bits per heavy atom. The fraction of sp³-hybridized carbons (Fsp3) is 0.316. The molecule has 2 aromatic carbocycles. The Hall–Kier alpha value is -2.35. The standard InChI is InChI=1S/C19H21ClFN3O3/c20-15-7-14(18(25)8-17(15)22)19(26)23-9-13-11-24(5-6-27-13)10-12-3-1-2-4-16(12)21/h1-4,7-8,13,25H,5-6,9-11,22H2,(H,23,26). The zero-order chi connectivity index (χ0) is 19.4. The number of carbonyl (C=O) groups excluding carboxylic acids is 1. The molecule has 1 aliphatic heterocycles. The van der Waals surface area contributed by atoms with Crippen molar-refractivity contribution in [1.29, 1.82) is 0 Å². The summed E-state index contributed by atoms with van der Waals surface area (Å²) < 4.78 is 19.5. The smallest absolute Gasteiger partial charge is 0.255 e. The van der Waals surface area contributed by atoms with Gasteiger partial charge < -0.3 is 20.9 Å². The summed E-state index contributed by atoms with van der Waals surface area (Å²) in [5.41, 5.74) is 6.47. The van der Waals surface area contributed by atoms with Gasteiger partial charge in [-0.2, -0.15) is 0 Å². The van der Waals surface area contributed by atoms with Crippen molar-refractivity contribution in [3.8, 4) is 5.75 Å². The Bertz CT molecular complexity index is 834. The van der Waals surface area contributed by atoms with Crippen LogP contribution < -0.4 is 11.1 Å². The van der Waals surface area contributed by atoms with Gasteiger partial charge in [-0.1, -0.05) is 29.8 Å². The highest BCUT2D eigenvalue weighted by Crippen LogP contribution is 2.27. The molecule has 1 heterocycles. The largest absolute Gasteiger partial charge is 0.507 e. The summed E-state index contributed by atoms with van der Waals surface area (Å²) in [6.07, 6.45) is -0.235. The van der Waals surface area contributed by atoms with Gasteiger partial charge in [-0.05, 0) is 12.1 Å². The molecule has 0 aromatic heterocycles. The molecule has 0 aliphatic carbocycles. The first-order valence-corrected chi connectivity index (χ1v) is 8.95. The van der Waals surface area contributed by atoms with E-state index in [1.165, 1.54) is 18.2 Å². The predicted molar refractivity (Wildman–Crippen MR) is 101 cm³/mol. The van der Waals surface area contributed by atoms with Gasteiger partial charge in [-0.3, -0.25) is 9.69 Å². The lowest BCUT2D eigenvalue weighted by Gasteiger charge is -2.33. The van der Waals surface area contributed by atoms with Gasteiger partial charge in [-0.15, -0.1) is 0 Å². The minimum atomic E-state index is -0.468. The van der Waals surface area contributed by atoms with Crippen LogP contribution in [0.3, 0.4) is 0 Å². The Morgan fingerprint density at radius 1 is 1.41 bits per heavy atom. The summed E-state index contributed by atoms with van der Waals surface area (Å²) in [7, 11) is 0. The molecule has 1 saturated heterocycles. The fourth-order valence-corrected chi connectivity index (χ4v) is 3.14. The number of nitrogen functional groups attached to an aromatic ring is 1. The third-order valence-electron chi connectivity index (χ3n) is 4.42. The molecule has 3 rings (SSSR count). The van der Waals surface area contributed by atoms with Crippen molar-refractivity contribution in [2.45, 2.75) is 12.6 Å². The second-order valence-electron chi connectivity index (χ2n) is 6.42. The Balaban J connectivity index is 1.56. The second-order valence-corrected chi connectivity index (χ2v) is 6.83. The zero-order valence-corrected chi connectivity index (χ0v) is 15.4. The number of phenolic OH excluding ortho intramolecular Hbond substituents is 1. The molecule has 1 amide bonds. The lowest BCUT2D eigenvalue weighted by Crippen LogP contribution is -2.47. The summed E-state index contributed by atoms with van der Waals surface area (Å²) in [5.74, 6) is -0.936. The van der Waals surface area contributed by atoms with Crippen molar-refractivity contribution in [3.63, 3.8) is 0 Å². The minimum absolute atomic E-state index is 0.0493. The molecule has 1 unspecified atom stereocenters. The quantitative estimate of drug-likeness (QED) is 0.679. The van der Waals surface area contributed by atoms with E-state index in [0.29, 0.717) is 31.8 Å². The number of benzene rings is 2. The molecule has 2 aromatic rings. The summed E-state index contributed by atoms with van der Waals surface area (Å²) in [4.78, 5) is 14.4. The van der Waals surface area contributed by atoms with Gasteiger partial charge in [0, 0.05) is 37.8 Å². The summed E-state index contributed by atoms with van der Waals surface area (Å²) in [6, 6.07) is 9.24. The molecule has 1 aliphatic rings. The zero-order valence-electron chi connectivity index (χ0n) is 14.6. The van der Waals surface area contributed by atoms with E-state index in [0.717, 1.165) is 0 Å². The number of nitrogens with zero attached hydrogens (tertiary/aromatic N) is 1. The van der Waals surface area contributed by atoms with Crippen molar-refractivity contribution in [3.05, 3.63) is 58.4 Å². The van der Waals surface area contributed by atoms with Crippen molar-refractivity contribution < 1.29 is 19.0 Å². The topological polar surface area (TPSA) is 87.8 Å². The van der Waals surface area contributed by atoms with Gasteiger partial charge in [0.15, 0.2) is 0 Å². The van der Waals surface area contributed by atoms with Crippen LogP contribution in [0.5, 0.6) is 5.75 Å². The fourth-order valence-electron chi connectivity index (χ4n) is 2.98. The first-order chi connectivity index (χ1) is 12.9. The highest BCUT2D eigenvalue weighted by Gasteiger charge is 2.23. The second kappa shape index (κ2) is 8.56. The molecule has 0 spiro atoms. The predicted octanol–water partition coefficient (Wildman–Crippen LogP) is 2.40. The SMILES string of the molecule is Nc1cc(O)c(C(=O)NCC2CN(Cc3ccccc3F)CCO2)cc1Cl. The van der Waals surface area contributed by atoms with Crippen LogP contribution in [0.15, 0.2) is 36.4 Å². The van der Waals surface area contributed by atoms with Crippen LogP contribution in [0.2, 0.25) is 5.02 Å². The molecule has 144 valence electrons. The number of hydrogen-bond donors (Lipinski definition) is 3. The monoisotopic (exact) mass is 393 g/mol. The van der Waals surface area contributed by atoms with Gasteiger partial charge in [0.2, 0.25) is 0 Å². The van der Waals surface area contributed by atoms with E-state index in [1.54, 1.807) is 18.2 Å². The van der Waals surface area contributed by atoms with Crippen molar-refractivity contribution in [1.82, 2.24) is 10.2 Å². The molecule has 8 heteroatoms. The third-order valence-corrected chi connectivity index (χ3v) is 4.75. The lowest BCUT2D eigenvalue weighted by atomic mass is 10.1. The number of ether oxygens (including phenoxy) is 1. The van der Waals surface area contributed by atoms with E-state index in [4.69, 9.17) is 22.1 Å². The van der Waals surface area contributed by atoms with Crippen molar-refractivity contribution in [2.75, 3.05) is 32.0 Å². The average molecular weight is 394 g/mol. The number of amides is 1. The number of halogens is 2. The maximum atomic E-state index is 13.8. The highest BCUT2D eigenvalue weighted by molar-refractivity contribution is 6.33. The number of anilines is 1. The van der Waals surface area contributed by atoms with Crippen LogP contribution in [0.25, 0.3) is 0 Å². The number of phenols is 1. The molecule has 1 fully saturated rings. The lowest BCUT2D eigenvalue weighted by molar-refractivity contribution is -0.0295. The first-order valence-electron chi connectivity index (χ1n) is 8.57. The first kappa shape index (κ1) is 19.4. The number of morpholine rings is 1. The average Bonchev–Trinajstić information content (AvgIpc) is 2.65. The number of carbonyl (C=O) groups is 1. The van der Waals surface area contributed by atoms with Gasteiger partial charge in [0.25, 0.3) is 5.91 Å². The van der Waals surface area contributed by atoms with Crippen LogP contribution in [0.1, 0.15) is 15.9 Å². The highest BCUT2D eigenvalue weighted by atomic mass is 35.5. The maximum Gasteiger partial charge on any atom is 0.255 e. The van der Waals surface area contributed by atoms with Crippen LogP contribution >= 0.6 is 11.6 Å². The van der Waals surface area contributed by atoms with Gasteiger partial charge >= 0.3 is 0 Å². The maximum absolute atomic E-state index is 13.8. The van der Waals surface area contributed by atoms with E-state index in [-0.39, 0.29) is 40.5 Å². The Kier molecular flexibility index (Phi) is 6.15. The molecule has 0 radical (unpaired) electrons. The van der Waals surface area contributed by atoms with Gasteiger partial charge in [0.05, 0.1) is 29.0 Å². The number of hydrogen-bond acceptors (Lipinski definition) is 5. The van der Waals surface area contributed by atoms with E-state index in [9.17, 15) is 14.3 Å². The van der Waals surface area contributed by atoms with E-state index in [1.807, 2.05) is 0 Å². The normalized spacial score (nSPS) is 17.6. The summed E-state index contributed by atoms with van der Waals surface area (Å²) >= 11 is 5.91. The Labute approximate surface area is 161 Å².